The first-order valence-corrected chi connectivity index (χ1v) is 8.22. The van der Waals surface area contributed by atoms with Crippen LogP contribution in [0.15, 0.2) is 22.7 Å². The molecule has 2 atom stereocenters. The van der Waals surface area contributed by atoms with Crippen LogP contribution in [-0.2, 0) is 6.42 Å². The van der Waals surface area contributed by atoms with Gasteiger partial charge in [-0.05, 0) is 64.0 Å². The Hall–Kier alpha value is -0.580. The van der Waals surface area contributed by atoms with Crippen LogP contribution in [-0.4, -0.2) is 44.2 Å². The minimum absolute atomic E-state index is 0.192. The molecule has 1 aliphatic heterocycles. The van der Waals surface area contributed by atoms with Gasteiger partial charge in [0.05, 0.1) is 0 Å². The van der Waals surface area contributed by atoms with Gasteiger partial charge in [-0.15, -0.1) is 0 Å². The largest absolute Gasteiger partial charge is 0.370 e. The highest BCUT2D eigenvalue weighted by molar-refractivity contribution is 9.10. The number of rotatable bonds is 4. The summed E-state index contributed by atoms with van der Waals surface area (Å²) in [6.07, 6.45) is 3.48. The van der Waals surface area contributed by atoms with Gasteiger partial charge in [0.2, 0.25) is 0 Å². The lowest BCUT2D eigenvalue weighted by molar-refractivity contribution is 0.258. The number of benzene rings is 1. The van der Waals surface area contributed by atoms with Gasteiger partial charge in [0.25, 0.3) is 0 Å². The van der Waals surface area contributed by atoms with Crippen molar-refractivity contribution < 1.29 is 0 Å². The van der Waals surface area contributed by atoms with Gasteiger partial charge in [-0.1, -0.05) is 15.9 Å². The van der Waals surface area contributed by atoms with Crippen molar-refractivity contribution in [2.45, 2.75) is 38.3 Å². The Bertz CT molecular complexity index is 445. The normalized spacial score (nSPS) is 21.3. The predicted octanol–water partition coefficient (Wildman–Crippen LogP) is 2.87. The molecule has 4 heteroatoms. The number of halogens is 1. The number of anilines is 1. The highest BCUT2D eigenvalue weighted by Crippen LogP contribution is 2.28. The molecule has 1 fully saturated rings. The quantitative estimate of drug-likeness (QED) is 0.915. The second-order valence-electron chi connectivity index (χ2n) is 6.16. The van der Waals surface area contributed by atoms with Crippen LogP contribution in [0, 0.1) is 0 Å². The van der Waals surface area contributed by atoms with E-state index >= 15 is 0 Å². The fourth-order valence-corrected chi connectivity index (χ4v) is 3.38. The molecule has 1 aromatic carbocycles. The molecule has 1 heterocycles. The summed E-state index contributed by atoms with van der Waals surface area (Å²) in [7, 11) is 4.36. The topological polar surface area (TPSA) is 32.5 Å². The molecule has 2 unspecified atom stereocenters. The molecular weight excluding hydrogens is 314 g/mol. The highest BCUT2D eigenvalue weighted by atomic mass is 79.9. The van der Waals surface area contributed by atoms with Crippen molar-refractivity contribution in [1.82, 2.24) is 4.90 Å². The third-order valence-electron chi connectivity index (χ3n) is 4.05. The summed E-state index contributed by atoms with van der Waals surface area (Å²) in [4.78, 5) is 4.87. The van der Waals surface area contributed by atoms with E-state index in [1.165, 1.54) is 24.1 Å². The molecule has 0 spiro atoms. The highest BCUT2D eigenvalue weighted by Gasteiger charge is 2.23. The molecule has 2 N–H and O–H groups in total. The van der Waals surface area contributed by atoms with Crippen molar-refractivity contribution in [2.24, 2.45) is 5.73 Å². The molecule has 20 heavy (non-hydrogen) atoms. The van der Waals surface area contributed by atoms with Crippen molar-refractivity contribution >= 4 is 21.6 Å². The molecule has 0 saturated carbocycles. The number of piperidine rings is 1. The van der Waals surface area contributed by atoms with Crippen molar-refractivity contribution in [1.29, 1.82) is 0 Å². The van der Waals surface area contributed by atoms with Gasteiger partial charge in [0.15, 0.2) is 0 Å². The lowest BCUT2D eigenvalue weighted by atomic mass is 10.00. The van der Waals surface area contributed by atoms with Crippen LogP contribution < -0.4 is 10.6 Å². The van der Waals surface area contributed by atoms with Gasteiger partial charge in [-0.25, -0.2) is 0 Å². The molecule has 1 saturated heterocycles. The van der Waals surface area contributed by atoms with E-state index in [2.05, 4.69) is 64.9 Å². The first kappa shape index (κ1) is 15.8. The van der Waals surface area contributed by atoms with Crippen molar-refractivity contribution in [2.75, 3.05) is 32.1 Å². The fourth-order valence-electron chi connectivity index (χ4n) is 2.97. The van der Waals surface area contributed by atoms with E-state index in [1.54, 1.807) is 0 Å². The molecule has 1 aliphatic rings. The molecule has 0 amide bonds. The Morgan fingerprint density at radius 3 is 2.85 bits per heavy atom. The summed E-state index contributed by atoms with van der Waals surface area (Å²) >= 11 is 3.58. The minimum Gasteiger partial charge on any atom is -0.370 e. The average Bonchev–Trinajstić information content (AvgIpc) is 2.38. The lowest BCUT2D eigenvalue weighted by Gasteiger charge is -2.38. The second kappa shape index (κ2) is 6.92. The van der Waals surface area contributed by atoms with Gasteiger partial charge < -0.3 is 15.5 Å². The van der Waals surface area contributed by atoms with Gasteiger partial charge in [-0.3, -0.25) is 0 Å². The zero-order chi connectivity index (χ0) is 14.7. The second-order valence-corrected chi connectivity index (χ2v) is 7.08. The Balaban J connectivity index is 2.22. The van der Waals surface area contributed by atoms with Crippen LogP contribution in [0.25, 0.3) is 0 Å². The standard InChI is InChI=1S/C16H26BrN3/c1-12(18)9-13-10-14(17)6-7-16(13)20-8-4-5-15(11-20)19(2)3/h6-7,10,12,15H,4-5,8-9,11,18H2,1-3H3. The summed E-state index contributed by atoms with van der Waals surface area (Å²) in [5.74, 6) is 0. The van der Waals surface area contributed by atoms with E-state index in [0.29, 0.717) is 6.04 Å². The summed E-state index contributed by atoms with van der Waals surface area (Å²) in [5.41, 5.74) is 8.72. The smallest absolute Gasteiger partial charge is 0.0400 e. The van der Waals surface area contributed by atoms with Gasteiger partial charge in [0.1, 0.15) is 0 Å². The van der Waals surface area contributed by atoms with E-state index in [-0.39, 0.29) is 6.04 Å². The molecule has 0 bridgehead atoms. The maximum atomic E-state index is 6.01. The Labute approximate surface area is 131 Å². The van der Waals surface area contributed by atoms with Crippen LogP contribution in [0.3, 0.4) is 0 Å². The summed E-state index contributed by atoms with van der Waals surface area (Å²) in [6.45, 7) is 4.34. The van der Waals surface area contributed by atoms with Gasteiger partial charge in [-0.2, -0.15) is 0 Å². The minimum atomic E-state index is 0.192. The predicted molar refractivity (Wildman–Crippen MR) is 90.4 cm³/mol. The first-order valence-electron chi connectivity index (χ1n) is 7.42. The number of hydrogen-bond acceptors (Lipinski definition) is 3. The molecule has 0 aromatic heterocycles. The fraction of sp³-hybridized carbons (Fsp3) is 0.625. The van der Waals surface area contributed by atoms with Crippen LogP contribution >= 0.6 is 15.9 Å². The van der Waals surface area contributed by atoms with E-state index in [1.807, 2.05) is 0 Å². The number of nitrogens with zero attached hydrogens (tertiary/aromatic N) is 2. The third-order valence-corrected chi connectivity index (χ3v) is 4.54. The Morgan fingerprint density at radius 1 is 1.45 bits per heavy atom. The maximum absolute atomic E-state index is 6.01. The molecule has 0 radical (unpaired) electrons. The van der Waals surface area contributed by atoms with E-state index in [0.717, 1.165) is 24.0 Å². The molecule has 1 aromatic rings. The van der Waals surface area contributed by atoms with Crippen molar-refractivity contribution in [3.8, 4) is 0 Å². The first-order chi connectivity index (χ1) is 9.47. The van der Waals surface area contributed by atoms with Gasteiger partial charge in [0, 0.05) is 35.3 Å². The number of likely N-dealkylation sites (N-methyl/N-ethyl adjacent to an activating group) is 1. The maximum Gasteiger partial charge on any atom is 0.0400 e. The molecule has 3 nitrogen and oxygen atoms in total. The van der Waals surface area contributed by atoms with E-state index in [4.69, 9.17) is 5.73 Å². The third kappa shape index (κ3) is 3.96. The Morgan fingerprint density at radius 2 is 2.20 bits per heavy atom. The van der Waals surface area contributed by atoms with E-state index < -0.39 is 0 Å². The zero-order valence-electron chi connectivity index (χ0n) is 12.8. The lowest BCUT2D eigenvalue weighted by Crippen LogP contribution is -2.45. The monoisotopic (exact) mass is 339 g/mol. The van der Waals surface area contributed by atoms with Crippen LogP contribution in [0.4, 0.5) is 5.69 Å². The zero-order valence-corrected chi connectivity index (χ0v) is 14.4. The molecule has 112 valence electrons. The number of nitrogens with two attached hydrogens (primary N) is 1. The van der Waals surface area contributed by atoms with Crippen LogP contribution in [0.5, 0.6) is 0 Å². The molecule has 2 rings (SSSR count). The van der Waals surface area contributed by atoms with Crippen molar-refractivity contribution in [3.63, 3.8) is 0 Å². The summed E-state index contributed by atoms with van der Waals surface area (Å²) in [5, 5.41) is 0. The Kier molecular flexibility index (Phi) is 5.47. The summed E-state index contributed by atoms with van der Waals surface area (Å²) in [6, 6.07) is 7.44. The molecular formula is C16H26BrN3. The van der Waals surface area contributed by atoms with Gasteiger partial charge >= 0.3 is 0 Å². The van der Waals surface area contributed by atoms with Crippen LogP contribution in [0.1, 0.15) is 25.3 Å². The SMILES string of the molecule is CC(N)Cc1cc(Br)ccc1N1CCCC(N(C)C)C1. The van der Waals surface area contributed by atoms with Crippen LogP contribution in [0.2, 0.25) is 0 Å². The average molecular weight is 340 g/mol. The van der Waals surface area contributed by atoms with Crippen molar-refractivity contribution in [3.05, 3.63) is 28.2 Å². The molecule has 0 aliphatic carbocycles. The van der Waals surface area contributed by atoms with E-state index in [9.17, 15) is 0 Å². The number of hydrogen-bond donors (Lipinski definition) is 1. The summed E-state index contributed by atoms with van der Waals surface area (Å²) < 4.78 is 1.14.